The molecule has 0 saturated heterocycles. The minimum Gasteiger partial charge on any atom is -0.387 e. The van der Waals surface area contributed by atoms with Crippen molar-refractivity contribution in [3.05, 3.63) is 63.7 Å². The van der Waals surface area contributed by atoms with Crippen LogP contribution in [-0.4, -0.2) is 32.0 Å². The number of hydrogen-bond donors (Lipinski definition) is 3. The molecule has 0 aliphatic rings. The van der Waals surface area contributed by atoms with Crippen LogP contribution < -0.4 is 10.0 Å². The number of sulfonamides is 1. The summed E-state index contributed by atoms with van der Waals surface area (Å²) in [5.74, 6) is 0. The van der Waals surface area contributed by atoms with Crippen LogP contribution >= 0.6 is 0 Å². The molecule has 0 saturated carbocycles. The third-order valence-electron chi connectivity index (χ3n) is 3.66. The summed E-state index contributed by atoms with van der Waals surface area (Å²) in [5, 5.41) is 24.3. The summed E-state index contributed by atoms with van der Waals surface area (Å²) < 4.78 is 25.7. The van der Waals surface area contributed by atoms with Gasteiger partial charge in [-0.1, -0.05) is 29.8 Å². The Kier molecular flexibility index (Phi) is 5.73. The van der Waals surface area contributed by atoms with E-state index in [1.807, 2.05) is 25.1 Å². The summed E-state index contributed by atoms with van der Waals surface area (Å²) in [5.41, 5.74) is 1.42. The van der Waals surface area contributed by atoms with Gasteiger partial charge >= 0.3 is 0 Å². The minimum atomic E-state index is -3.78. The fourth-order valence-corrected chi connectivity index (χ4v) is 3.05. The first-order valence-electron chi connectivity index (χ1n) is 7.45. The van der Waals surface area contributed by atoms with E-state index in [1.165, 1.54) is 19.2 Å². The first kappa shape index (κ1) is 18.8. The van der Waals surface area contributed by atoms with Gasteiger partial charge in [-0.15, -0.1) is 0 Å². The summed E-state index contributed by atoms with van der Waals surface area (Å²) in [7, 11) is -2.55. The number of nitro groups is 1. The standard InChI is InChI=1S/C16H19N3O5S/c1-11-4-3-5-12(8-11)16(20)10-18-14-7-6-13(25(23,24)17-2)9-15(14)19(21)22/h3-9,16-18,20H,10H2,1-2H3. The molecule has 0 spiro atoms. The Hall–Kier alpha value is -2.49. The number of nitrogens with zero attached hydrogens (tertiary/aromatic N) is 1. The second-order valence-electron chi connectivity index (χ2n) is 5.45. The largest absolute Gasteiger partial charge is 0.387 e. The maximum Gasteiger partial charge on any atom is 0.293 e. The predicted molar refractivity (Wildman–Crippen MR) is 94.0 cm³/mol. The van der Waals surface area contributed by atoms with Gasteiger partial charge < -0.3 is 10.4 Å². The van der Waals surface area contributed by atoms with Crippen LogP contribution in [0.4, 0.5) is 11.4 Å². The van der Waals surface area contributed by atoms with Crippen molar-refractivity contribution in [2.45, 2.75) is 17.9 Å². The second kappa shape index (κ2) is 7.60. The number of nitrogens with one attached hydrogen (secondary N) is 2. The Balaban J connectivity index is 2.23. The Labute approximate surface area is 145 Å². The van der Waals surface area contributed by atoms with Crippen LogP contribution in [0.2, 0.25) is 0 Å². The van der Waals surface area contributed by atoms with Crippen LogP contribution in [-0.2, 0) is 10.0 Å². The molecular formula is C16H19N3O5S. The first-order valence-corrected chi connectivity index (χ1v) is 8.93. The molecule has 0 aliphatic carbocycles. The van der Waals surface area contributed by atoms with E-state index in [0.717, 1.165) is 11.6 Å². The molecule has 3 N–H and O–H groups in total. The Morgan fingerprint density at radius 1 is 1.24 bits per heavy atom. The van der Waals surface area contributed by atoms with Gasteiger partial charge in [0.25, 0.3) is 5.69 Å². The molecule has 0 heterocycles. The quantitative estimate of drug-likeness (QED) is 0.509. The molecule has 0 radical (unpaired) electrons. The lowest BCUT2D eigenvalue weighted by atomic mass is 10.1. The van der Waals surface area contributed by atoms with Crippen molar-refractivity contribution in [3.8, 4) is 0 Å². The van der Waals surface area contributed by atoms with Crippen molar-refractivity contribution in [2.75, 3.05) is 18.9 Å². The zero-order valence-electron chi connectivity index (χ0n) is 13.8. The molecule has 9 heteroatoms. The average Bonchev–Trinajstić information content (AvgIpc) is 2.59. The fraction of sp³-hybridized carbons (Fsp3) is 0.250. The predicted octanol–water partition coefficient (Wildman–Crippen LogP) is 1.96. The Morgan fingerprint density at radius 3 is 2.56 bits per heavy atom. The van der Waals surface area contributed by atoms with Crippen LogP contribution in [0.1, 0.15) is 17.2 Å². The summed E-state index contributed by atoms with van der Waals surface area (Å²) in [6, 6.07) is 10.8. The van der Waals surface area contributed by atoms with E-state index in [0.29, 0.717) is 5.56 Å². The van der Waals surface area contributed by atoms with Crippen molar-refractivity contribution in [2.24, 2.45) is 0 Å². The maximum absolute atomic E-state index is 11.8. The van der Waals surface area contributed by atoms with E-state index in [-0.39, 0.29) is 22.8 Å². The lowest BCUT2D eigenvalue weighted by Crippen LogP contribution is -2.19. The van der Waals surface area contributed by atoms with Gasteiger partial charge in [-0.2, -0.15) is 0 Å². The van der Waals surface area contributed by atoms with Gasteiger partial charge in [-0.05, 0) is 31.7 Å². The topological polar surface area (TPSA) is 122 Å². The summed E-state index contributed by atoms with van der Waals surface area (Å²) >= 11 is 0. The third-order valence-corrected chi connectivity index (χ3v) is 5.07. The van der Waals surface area contributed by atoms with Crippen LogP contribution in [0.3, 0.4) is 0 Å². The van der Waals surface area contributed by atoms with Gasteiger partial charge in [0, 0.05) is 12.6 Å². The molecule has 8 nitrogen and oxygen atoms in total. The fourth-order valence-electron chi connectivity index (χ4n) is 2.30. The molecule has 25 heavy (non-hydrogen) atoms. The van der Waals surface area contributed by atoms with Crippen LogP contribution in [0.25, 0.3) is 0 Å². The zero-order chi connectivity index (χ0) is 18.6. The second-order valence-corrected chi connectivity index (χ2v) is 7.34. The monoisotopic (exact) mass is 365 g/mol. The van der Waals surface area contributed by atoms with E-state index in [9.17, 15) is 23.6 Å². The van der Waals surface area contributed by atoms with Gasteiger partial charge in [-0.25, -0.2) is 13.1 Å². The van der Waals surface area contributed by atoms with Crippen LogP contribution in [0.15, 0.2) is 47.4 Å². The summed E-state index contributed by atoms with van der Waals surface area (Å²) in [4.78, 5) is 10.4. The maximum atomic E-state index is 11.8. The normalized spacial score (nSPS) is 12.6. The van der Waals surface area contributed by atoms with E-state index in [1.54, 1.807) is 6.07 Å². The number of rotatable bonds is 7. The summed E-state index contributed by atoms with van der Waals surface area (Å²) in [6.45, 7) is 1.94. The number of aliphatic hydroxyl groups excluding tert-OH is 1. The van der Waals surface area contributed by atoms with Gasteiger partial charge in [-0.3, -0.25) is 10.1 Å². The molecule has 2 rings (SSSR count). The lowest BCUT2D eigenvalue weighted by molar-refractivity contribution is -0.384. The number of anilines is 1. The number of aryl methyl sites for hydroxylation is 1. The van der Waals surface area contributed by atoms with Gasteiger partial charge in [0.2, 0.25) is 10.0 Å². The smallest absolute Gasteiger partial charge is 0.293 e. The number of nitro benzene ring substituents is 1. The van der Waals surface area contributed by atoms with Crippen molar-refractivity contribution in [1.29, 1.82) is 0 Å². The lowest BCUT2D eigenvalue weighted by Gasteiger charge is -2.14. The molecule has 1 unspecified atom stereocenters. The first-order chi connectivity index (χ1) is 11.7. The average molecular weight is 365 g/mol. The molecule has 0 fully saturated rings. The molecule has 134 valence electrons. The highest BCUT2D eigenvalue weighted by Crippen LogP contribution is 2.28. The highest BCUT2D eigenvalue weighted by atomic mass is 32.2. The number of hydrogen-bond acceptors (Lipinski definition) is 6. The van der Waals surface area contributed by atoms with Crippen molar-refractivity contribution in [1.82, 2.24) is 4.72 Å². The molecular weight excluding hydrogens is 346 g/mol. The van der Waals surface area contributed by atoms with E-state index in [4.69, 9.17) is 0 Å². The Morgan fingerprint density at radius 2 is 1.96 bits per heavy atom. The van der Waals surface area contributed by atoms with E-state index >= 15 is 0 Å². The van der Waals surface area contributed by atoms with Crippen molar-refractivity contribution >= 4 is 21.4 Å². The van der Waals surface area contributed by atoms with Crippen LogP contribution in [0.5, 0.6) is 0 Å². The minimum absolute atomic E-state index is 0.0441. The molecule has 0 aliphatic heterocycles. The van der Waals surface area contributed by atoms with Crippen molar-refractivity contribution < 1.29 is 18.4 Å². The molecule has 0 aromatic heterocycles. The highest BCUT2D eigenvalue weighted by molar-refractivity contribution is 7.89. The number of benzene rings is 2. The SMILES string of the molecule is CNS(=O)(=O)c1ccc(NCC(O)c2cccc(C)c2)c([N+](=O)[O-])c1. The van der Waals surface area contributed by atoms with Gasteiger partial charge in [0.15, 0.2) is 0 Å². The zero-order valence-corrected chi connectivity index (χ0v) is 14.6. The highest BCUT2D eigenvalue weighted by Gasteiger charge is 2.21. The van der Waals surface area contributed by atoms with E-state index < -0.39 is 21.1 Å². The van der Waals surface area contributed by atoms with Crippen molar-refractivity contribution in [3.63, 3.8) is 0 Å². The van der Waals surface area contributed by atoms with E-state index in [2.05, 4.69) is 10.0 Å². The molecule has 2 aromatic rings. The summed E-state index contributed by atoms with van der Waals surface area (Å²) in [6.07, 6.45) is -0.861. The van der Waals surface area contributed by atoms with Crippen LogP contribution in [0, 0.1) is 17.0 Å². The third kappa shape index (κ3) is 4.53. The Bertz CT molecular complexity index is 883. The molecule has 2 aromatic carbocycles. The molecule has 1 atom stereocenters. The van der Waals surface area contributed by atoms with Gasteiger partial charge in [0.05, 0.1) is 15.9 Å². The van der Waals surface area contributed by atoms with Gasteiger partial charge in [0.1, 0.15) is 5.69 Å². The molecule has 0 bridgehead atoms. The number of aliphatic hydroxyl groups is 1. The molecule has 0 amide bonds.